The summed E-state index contributed by atoms with van der Waals surface area (Å²) in [6.07, 6.45) is 0. The number of anilines is 1. The second-order valence-corrected chi connectivity index (χ2v) is 5.95. The highest BCUT2D eigenvalue weighted by molar-refractivity contribution is 9.10. The number of aryl methyl sites for hydroxylation is 1. The molecule has 0 spiro atoms. The van der Waals surface area contributed by atoms with Gasteiger partial charge in [-0.05, 0) is 53.6 Å². The first-order chi connectivity index (χ1) is 10.1. The largest absolute Gasteiger partial charge is 0.322 e. The highest BCUT2D eigenvalue weighted by atomic mass is 79.9. The minimum absolute atomic E-state index is 0.102. The quantitative estimate of drug-likeness (QED) is 0.686. The zero-order valence-electron chi connectivity index (χ0n) is 11.6. The van der Waals surface area contributed by atoms with E-state index in [-0.39, 0.29) is 5.91 Å². The number of halogens is 1. The van der Waals surface area contributed by atoms with Crippen molar-refractivity contribution < 1.29 is 4.79 Å². The fourth-order valence-electron chi connectivity index (χ4n) is 2.34. The van der Waals surface area contributed by atoms with E-state index in [9.17, 15) is 4.79 Å². The molecule has 1 N–H and O–H groups in total. The van der Waals surface area contributed by atoms with Crippen LogP contribution in [0.3, 0.4) is 0 Å². The number of hydrogen-bond donors (Lipinski definition) is 1. The normalized spacial score (nSPS) is 10.6. The molecule has 0 heterocycles. The van der Waals surface area contributed by atoms with Crippen LogP contribution >= 0.6 is 15.9 Å². The lowest BCUT2D eigenvalue weighted by molar-refractivity contribution is 0.102. The Bertz CT molecular complexity index is 806. The van der Waals surface area contributed by atoms with Gasteiger partial charge in [0.05, 0.1) is 0 Å². The lowest BCUT2D eigenvalue weighted by Crippen LogP contribution is -2.12. The van der Waals surface area contributed by atoms with Crippen LogP contribution in [-0.4, -0.2) is 5.91 Å². The topological polar surface area (TPSA) is 29.1 Å². The van der Waals surface area contributed by atoms with Gasteiger partial charge in [0.25, 0.3) is 5.91 Å². The number of fused-ring (bicyclic) bond motifs is 1. The van der Waals surface area contributed by atoms with Crippen LogP contribution in [0, 0.1) is 6.92 Å². The summed E-state index contributed by atoms with van der Waals surface area (Å²) in [5.74, 6) is -0.102. The monoisotopic (exact) mass is 339 g/mol. The van der Waals surface area contributed by atoms with Crippen molar-refractivity contribution in [1.29, 1.82) is 0 Å². The molecule has 0 aromatic heterocycles. The second kappa shape index (κ2) is 5.70. The van der Waals surface area contributed by atoms with Crippen molar-refractivity contribution in [3.8, 4) is 0 Å². The van der Waals surface area contributed by atoms with Gasteiger partial charge in [-0.25, -0.2) is 0 Å². The van der Waals surface area contributed by atoms with E-state index < -0.39 is 0 Å². The molecule has 0 saturated heterocycles. The lowest BCUT2D eigenvalue weighted by atomic mass is 10.1. The van der Waals surface area contributed by atoms with Crippen LogP contribution < -0.4 is 5.32 Å². The Morgan fingerprint density at radius 2 is 1.71 bits per heavy atom. The first kappa shape index (κ1) is 13.8. The van der Waals surface area contributed by atoms with E-state index in [1.165, 1.54) is 0 Å². The van der Waals surface area contributed by atoms with Gasteiger partial charge in [-0.15, -0.1) is 0 Å². The van der Waals surface area contributed by atoms with Crippen LogP contribution in [0.5, 0.6) is 0 Å². The molecule has 0 radical (unpaired) electrons. The Morgan fingerprint density at radius 3 is 2.48 bits per heavy atom. The molecule has 0 aliphatic rings. The van der Waals surface area contributed by atoms with E-state index in [1.54, 1.807) is 0 Å². The maximum absolute atomic E-state index is 12.3. The first-order valence-corrected chi connectivity index (χ1v) is 7.48. The molecule has 2 nitrogen and oxygen atoms in total. The fraction of sp³-hybridized carbons (Fsp3) is 0.0556. The van der Waals surface area contributed by atoms with Crippen LogP contribution in [0.25, 0.3) is 10.8 Å². The molecular weight excluding hydrogens is 326 g/mol. The van der Waals surface area contributed by atoms with E-state index in [0.29, 0.717) is 5.56 Å². The summed E-state index contributed by atoms with van der Waals surface area (Å²) in [5, 5.41) is 5.22. The molecule has 3 heteroatoms. The summed E-state index contributed by atoms with van der Waals surface area (Å²) in [6.45, 7) is 1.97. The van der Waals surface area contributed by atoms with E-state index in [4.69, 9.17) is 0 Å². The van der Waals surface area contributed by atoms with E-state index in [0.717, 1.165) is 26.5 Å². The molecule has 1 amide bonds. The van der Waals surface area contributed by atoms with Crippen molar-refractivity contribution in [1.82, 2.24) is 0 Å². The Hall–Kier alpha value is -2.13. The number of carbonyl (C=O) groups is 1. The summed E-state index contributed by atoms with van der Waals surface area (Å²) >= 11 is 3.42. The third-order valence-corrected chi connectivity index (χ3v) is 3.77. The summed E-state index contributed by atoms with van der Waals surface area (Å²) in [7, 11) is 0. The molecular formula is C18H14BrNO. The predicted molar refractivity (Wildman–Crippen MR) is 90.8 cm³/mol. The molecule has 0 atom stereocenters. The zero-order valence-corrected chi connectivity index (χ0v) is 13.1. The van der Waals surface area contributed by atoms with Crippen LogP contribution in [-0.2, 0) is 0 Å². The minimum atomic E-state index is -0.102. The van der Waals surface area contributed by atoms with Crippen molar-refractivity contribution in [2.24, 2.45) is 0 Å². The molecule has 3 rings (SSSR count). The van der Waals surface area contributed by atoms with Gasteiger partial charge >= 0.3 is 0 Å². The van der Waals surface area contributed by atoms with Crippen molar-refractivity contribution in [2.45, 2.75) is 6.92 Å². The first-order valence-electron chi connectivity index (χ1n) is 6.69. The molecule has 3 aromatic carbocycles. The van der Waals surface area contributed by atoms with Crippen LogP contribution in [0.2, 0.25) is 0 Å². The van der Waals surface area contributed by atoms with E-state index in [2.05, 4.69) is 27.3 Å². The van der Waals surface area contributed by atoms with Crippen LogP contribution in [0.15, 0.2) is 65.1 Å². The second-order valence-electron chi connectivity index (χ2n) is 5.03. The standard InChI is InChI=1S/C18H14BrNO/c1-12-8-15(10-16(19)9-12)18(21)20-17-7-6-13-4-2-3-5-14(13)11-17/h2-11H,1H3,(H,20,21). The molecule has 0 saturated carbocycles. The molecule has 0 bridgehead atoms. The molecule has 0 aliphatic carbocycles. The minimum Gasteiger partial charge on any atom is -0.322 e. The molecule has 104 valence electrons. The van der Waals surface area contributed by atoms with Gasteiger partial charge in [0.1, 0.15) is 0 Å². The molecule has 0 fully saturated rings. The lowest BCUT2D eigenvalue weighted by Gasteiger charge is -2.08. The van der Waals surface area contributed by atoms with Gasteiger partial charge in [0.15, 0.2) is 0 Å². The van der Waals surface area contributed by atoms with Gasteiger partial charge < -0.3 is 5.32 Å². The number of carbonyl (C=O) groups excluding carboxylic acids is 1. The van der Waals surface area contributed by atoms with Gasteiger partial charge in [0, 0.05) is 15.7 Å². The number of benzene rings is 3. The molecule has 0 aliphatic heterocycles. The van der Waals surface area contributed by atoms with Crippen molar-refractivity contribution in [2.75, 3.05) is 5.32 Å². The highest BCUT2D eigenvalue weighted by Gasteiger charge is 2.08. The summed E-state index contributed by atoms with van der Waals surface area (Å²) in [5.41, 5.74) is 2.50. The predicted octanol–water partition coefficient (Wildman–Crippen LogP) is 5.16. The highest BCUT2D eigenvalue weighted by Crippen LogP contribution is 2.20. The van der Waals surface area contributed by atoms with Crippen LogP contribution in [0.1, 0.15) is 15.9 Å². The zero-order chi connectivity index (χ0) is 14.8. The number of amides is 1. The Balaban J connectivity index is 1.88. The van der Waals surface area contributed by atoms with Gasteiger partial charge in [0.2, 0.25) is 0 Å². The van der Waals surface area contributed by atoms with E-state index in [1.807, 2.05) is 61.5 Å². The maximum Gasteiger partial charge on any atom is 0.255 e. The fourth-order valence-corrected chi connectivity index (χ4v) is 2.95. The Labute approximate surface area is 131 Å². The van der Waals surface area contributed by atoms with Gasteiger partial charge in [-0.3, -0.25) is 4.79 Å². The Morgan fingerprint density at radius 1 is 0.952 bits per heavy atom. The Kier molecular flexibility index (Phi) is 3.76. The summed E-state index contributed by atoms with van der Waals surface area (Å²) in [4.78, 5) is 12.3. The van der Waals surface area contributed by atoms with Gasteiger partial charge in [-0.1, -0.05) is 46.3 Å². The maximum atomic E-state index is 12.3. The molecule has 3 aromatic rings. The summed E-state index contributed by atoms with van der Waals surface area (Å²) < 4.78 is 0.908. The number of rotatable bonds is 2. The third kappa shape index (κ3) is 3.14. The number of hydrogen-bond acceptors (Lipinski definition) is 1. The smallest absolute Gasteiger partial charge is 0.255 e. The van der Waals surface area contributed by atoms with Gasteiger partial charge in [-0.2, -0.15) is 0 Å². The average Bonchev–Trinajstić information content (AvgIpc) is 2.46. The third-order valence-electron chi connectivity index (χ3n) is 3.31. The van der Waals surface area contributed by atoms with E-state index >= 15 is 0 Å². The molecule has 21 heavy (non-hydrogen) atoms. The van der Waals surface area contributed by atoms with Crippen molar-refractivity contribution >= 4 is 38.3 Å². The van der Waals surface area contributed by atoms with Crippen molar-refractivity contribution in [3.05, 3.63) is 76.3 Å². The summed E-state index contributed by atoms with van der Waals surface area (Å²) in [6, 6.07) is 19.7. The van der Waals surface area contributed by atoms with Crippen molar-refractivity contribution in [3.63, 3.8) is 0 Å². The average molecular weight is 340 g/mol. The molecule has 0 unspecified atom stereocenters. The number of nitrogens with one attached hydrogen (secondary N) is 1. The SMILES string of the molecule is Cc1cc(Br)cc(C(=O)Nc2ccc3ccccc3c2)c1. The van der Waals surface area contributed by atoms with Crippen LogP contribution in [0.4, 0.5) is 5.69 Å².